The summed E-state index contributed by atoms with van der Waals surface area (Å²) >= 11 is 0. The zero-order valence-corrected chi connectivity index (χ0v) is 14.9. The van der Waals surface area contributed by atoms with Crippen molar-refractivity contribution >= 4 is 17.3 Å². The largest absolute Gasteiger partial charge is 0.379 e. The summed E-state index contributed by atoms with van der Waals surface area (Å²) in [6.07, 6.45) is 5.02. The van der Waals surface area contributed by atoms with Gasteiger partial charge in [0.15, 0.2) is 0 Å². The van der Waals surface area contributed by atoms with Crippen molar-refractivity contribution in [2.75, 3.05) is 16.8 Å². The van der Waals surface area contributed by atoms with Gasteiger partial charge in [0.1, 0.15) is 0 Å². The normalized spacial score (nSPS) is 12.9. The average Bonchev–Trinajstić information content (AvgIpc) is 3.27. The standard InChI is InChI=1S/C21H22N4O/c1-24-15-22-13-19(24)14-23-18-8-6-16(7-9-18)12-21(26)25-11-10-17-4-2-3-5-20(17)25/h2-9,13,15,23H,10-12,14H2,1H3. The molecule has 1 N–H and O–H groups in total. The topological polar surface area (TPSA) is 50.2 Å². The summed E-state index contributed by atoms with van der Waals surface area (Å²) in [5.74, 6) is 0.158. The van der Waals surface area contributed by atoms with Crippen LogP contribution in [0.3, 0.4) is 0 Å². The van der Waals surface area contributed by atoms with Gasteiger partial charge >= 0.3 is 0 Å². The third kappa shape index (κ3) is 3.33. The molecular formula is C21H22N4O. The molecule has 0 spiro atoms. The van der Waals surface area contributed by atoms with Gasteiger partial charge in [-0.3, -0.25) is 4.79 Å². The van der Waals surface area contributed by atoms with Crippen molar-refractivity contribution in [3.05, 3.63) is 77.9 Å². The number of aryl methyl sites for hydroxylation is 1. The summed E-state index contributed by atoms with van der Waals surface area (Å²) in [5, 5.41) is 3.38. The van der Waals surface area contributed by atoms with Gasteiger partial charge in [-0.15, -0.1) is 0 Å². The summed E-state index contributed by atoms with van der Waals surface area (Å²) in [6, 6.07) is 16.2. The molecule has 2 aromatic carbocycles. The summed E-state index contributed by atoms with van der Waals surface area (Å²) in [5.41, 5.74) is 5.51. The van der Waals surface area contributed by atoms with Crippen molar-refractivity contribution in [3.8, 4) is 0 Å². The maximum atomic E-state index is 12.7. The fourth-order valence-electron chi connectivity index (χ4n) is 3.36. The van der Waals surface area contributed by atoms with Crippen LogP contribution < -0.4 is 10.2 Å². The lowest BCUT2D eigenvalue weighted by Gasteiger charge is -2.17. The number of nitrogens with one attached hydrogen (secondary N) is 1. The van der Waals surface area contributed by atoms with Gasteiger partial charge in [0.25, 0.3) is 0 Å². The molecule has 0 fully saturated rings. The molecule has 132 valence electrons. The van der Waals surface area contributed by atoms with Crippen LogP contribution in [0.25, 0.3) is 0 Å². The van der Waals surface area contributed by atoms with Crippen LogP contribution >= 0.6 is 0 Å². The van der Waals surface area contributed by atoms with Gasteiger partial charge in [-0.25, -0.2) is 4.98 Å². The van der Waals surface area contributed by atoms with E-state index in [-0.39, 0.29) is 5.91 Å². The molecule has 0 radical (unpaired) electrons. The Labute approximate surface area is 153 Å². The van der Waals surface area contributed by atoms with Gasteiger partial charge < -0.3 is 14.8 Å². The van der Waals surface area contributed by atoms with E-state index in [0.29, 0.717) is 6.42 Å². The Morgan fingerprint density at radius 2 is 1.96 bits per heavy atom. The first-order valence-electron chi connectivity index (χ1n) is 8.87. The van der Waals surface area contributed by atoms with Crippen LogP contribution in [0.4, 0.5) is 11.4 Å². The number of anilines is 2. The average molecular weight is 346 g/mol. The first-order chi connectivity index (χ1) is 12.7. The molecule has 5 heteroatoms. The molecule has 0 atom stereocenters. The van der Waals surface area contributed by atoms with Gasteiger partial charge in [0.2, 0.25) is 5.91 Å². The first-order valence-corrected chi connectivity index (χ1v) is 8.87. The number of hydrogen-bond acceptors (Lipinski definition) is 3. The predicted molar refractivity (Wildman–Crippen MR) is 103 cm³/mol. The number of aromatic nitrogens is 2. The zero-order chi connectivity index (χ0) is 17.9. The fraction of sp³-hybridized carbons (Fsp3) is 0.238. The number of carbonyl (C=O) groups excluding carboxylic acids is 1. The van der Waals surface area contributed by atoms with Gasteiger partial charge in [-0.05, 0) is 35.7 Å². The van der Waals surface area contributed by atoms with Crippen LogP contribution in [0.15, 0.2) is 61.1 Å². The summed E-state index contributed by atoms with van der Waals surface area (Å²) in [6.45, 7) is 1.50. The number of imidazole rings is 1. The number of hydrogen-bond donors (Lipinski definition) is 1. The first kappa shape index (κ1) is 16.4. The van der Waals surface area contributed by atoms with Crippen molar-refractivity contribution in [2.45, 2.75) is 19.4 Å². The van der Waals surface area contributed by atoms with E-state index in [1.807, 2.05) is 65.2 Å². The van der Waals surface area contributed by atoms with Crippen LogP contribution in [0.1, 0.15) is 16.8 Å². The highest BCUT2D eigenvalue weighted by Gasteiger charge is 2.23. The smallest absolute Gasteiger partial charge is 0.231 e. The molecule has 0 aliphatic carbocycles. The van der Waals surface area contributed by atoms with Gasteiger partial charge in [0, 0.05) is 31.2 Å². The van der Waals surface area contributed by atoms with Crippen molar-refractivity contribution in [3.63, 3.8) is 0 Å². The van der Waals surface area contributed by atoms with E-state index >= 15 is 0 Å². The molecule has 5 nitrogen and oxygen atoms in total. The van der Waals surface area contributed by atoms with E-state index in [0.717, 1.165) is 42.1 Å². The lowest BCUT2D eigenvalue weighted by Crippen LogP contribution is -2.30. The Kier molecular flexibility index (Phi) is 4.44. The number of para-hydroxylation sites is 1. The molecule has 1 aromatic heterocycles. The second-order valence-corrected chi connectivity index (χ2v) is 6.65. The maximum absolute atomic E-state index is 12.7. The number of nitrogens with zero attached hydrogens (tertiary/aromatic N) is 3. The summed E-state index contributed by atoms with van der Waals surface area (Å²) in [4.78, 5) is 18.7. The van der Waals surface area contributed by atoms with Crippen molar-refractivity contribution < 1.29 is 4.79 Å². The van der Waals surface area contributed by atoms with Gasteiger partial charge in [-0.1, -0.05) is 30.3 Å². The Morgan fingerprint density at radius 3 is 2.73 bits per heavy atom. The van der Waals surface area contributed by atoms with E-state index in [9.17, 15) is 4.79 Å². The molecule has 0 saturated carbocycles. The Hall–Kier alpha value is -3.08. The number of benzene rings is 2. The minimum absolute atomic E-state index is 0.158. The van der Waals surface area contributed by atoms with E-state index < -0.39 is 0 Å². The van der Waals surface area contributed by atoms with Crippen LogP contribution in [0.2, 0.25) is 0 Å². The second-order valence-electron chi connectivity index (χ2n) is 6.65. The molecule has 1 aliphatic rings. The highest BCUT2D eigenvalue weighted by Crippen LogP contribution is 2.28. The predicted octanol–water partition coefficient (Wildman–Crippen LogP) is 3.16. The number of rotatable bonds is 5. The van der Waals surface area contributed by atoms with Crippen molar-refractivity contribution in [2.24, 2.45) is 7.05 Å². The molecule has 0 bridgehead atoms. The SMILES string of the molecule is Cn1cncc1CNc1ccc(CC(=O)N2CCc3ccccc32)cc1. The van der Waals surface area contributed by atoms with Crippen molar-refractivity contribution in [1.82, 2.24) is 9.55 Å². The Morgan fingerprint density at radius 1 is 1.15 bits per heavy atom. The monoisotopic (exact) mass is 346 g/mol. The third-order valence-electron chi connectivity index (χ3n) is 4.89. The second kappa shape index (κ2) is 7.04. The molecule has 2 heterocycles. The Balaban J connectivity index is 1.37. The van der Waals surface area contributed by atoms with Gasteiger partial charge in [0.05, 0.1) is 25.0 Å². The quantitative estimate of drug-likeness (QED) is 0.772. The highest BCUT2D eigenvalue weighted by molar-refractivity contribution is 5.96. The highest BCUT2D eigenvalue weighted by atomic mass is 16.2. The number of fused-ring (bicyclic) bond motifs is 1. The van der Waals surface area contributed by atoms with Crippen LogP contribution in [-0.4, -0.2) is 22.0 Å². The van der Waals surface area contributed by atoms with Crippen LogP contribution in [0, 0.1) is 0 Å². The van der Waals surface area contributed by atoms with Gasteiger partial charge in [-0.2, -0.15) is 0 Å². The molecule has 3 aromatic rings. The molecule has 1 amide bonds. The molecular weight excluding hydrogens is 324 g/mol. The van der Waals surface area contributed by atoms with Crippen LogP contribution in [-0.2, 0) is 31.2 Å². The molecule has 0 unspecified atom stereocenters. The Bertz CT molecular complexity index is 914. The third-order valence-corrected chi connectivity index (χ3v) is 4.89. The lowest BCUT2D eigenvalue weighted by atomic mass is 10.1. The van der Waals surface area contributed by atoms with E-state index in [2.05, 4.69) is 16.4 Å². The minimum Gasteiger partial charge on any atom is -0.379 e. The maximum Gasteiger partial charge on any atom is 0.231 e. The molecule has 4 rings (SSSR count). The number of carbonyl (C=O) groups is 1. The zero-order valence-electron chi connectivity index (χ0n) is 14.9. The van der Waals surface area contributed by atoms with E-state index in [1.165, 1.54) is 5.56 Å². The summed E-state index contributed by atoms with van der Waals surface area (Å²) in [7, 11) is 1.98. The molecule has 1 aliphatic heterocycles. The van der Waals surface area contributed by atoms with E-state index in [4.69, 9.17) is 0 Å². The van der Waals surface area contributed by atoms with Crippen molar-refractivity contribution in [1.29, 1.82) is 0 Å². The molecule has 0 saturated heterocycles. The molecule has 26 heavy (non-hydrogen) atoms. The summed E-state index contributed by atoms with van der Waals surface area (Å²) < 4.78 is 1.99. The van der Waals surface area contributed by atoms with Crippen LogP contribution in [0.5, 0.6) is 0 Å². The fourth-order valence-corrected chi connectivity index (χ4v) is 3.36. The lowest BCUT2D eigenvalue weighted by molar-refractivity contribution is -0.117. The minimum atomic E-state index is 0.158. The van der Waals surface area contributed by atoms with E-state index in [1.54, 1.807) is 6.33 Å². The number of amides is 1.